The summed E-state index contributed by atoms with van der Waals surface area (Å²) in [6.07, 6.45) is 0.678. The maximum Gasteiger partial charge on any atom is 0.325 e. The summed E-state index contributed by atoms with van der Waals surface area (Å²) in [5.74, 6) is -1.75. The molecule has 3 rings (SSSR count). The predicted molar refractivity (Wildman–Crippen MR) is 125 cm³/mol. The van der Waals surface area contributed by atoms with Gasteiger partial charge in [-0.15, -0.1) is 0 Å². The lowest BCUT2D eigenvalue weighted by atomic mass is 10.00. The van der Waals surface area contributed by atoms with Crippen molar-refractivity contribution in [2.24, 2.45) is 0 Å². The molecular formula is C24H28N4O6. The zero-order valence-electron chi connectivity index (χ0n) is 19.1. The largest absolute Gasteiger partial charge is 0.468 e. The summed E-state index contributed by atoms with van der Waals surface area (Å²) in [5.41, 5.74) is 3.09. The molecule has 10 heteroatoms. The van der Waals surface area contributed by atoms with Gasteiger partial charge in [0.15, 0.2) is 0 Å². The molecule has 1 aliphatic heterocycles. The van der Waals surface area contributed by atoms with Crippen LogP contribution in [0.25, 0.3) is 0 Å². The van der Waals surface area contributed by atoms with Gasteiger partial charge in [-0.1, -0.05) is 24.3 Å². The minimum absolute atomic E-state index is 0.225. The van der Waals surface area contributed by atoms with Gasteiger partial charge in [0, 0.05) is 24.2 Å². The van der Waals surface area contributed by atoms with Crippen molar-refractivity contribution in [2.45, 2.75) is 24.9 Å². The topological polar surface area (TPSA) is 135 Å². The summed E-state index contributed by atoms with van der Waals surface area (Å²) in [7, 11) is 2.52. The summed E-state index contributed by atoms with van der Waals surface area (Å²) < 4.78 is 9.19. The second-order valence-corrected chi connectivity index (χ2v) is 7.79. The van der Waals surface area contributed by atoms with Crippen molar-refractivity contribution < 1.29 is 28.7 Å². The van der Waals surface area contributed by atoms with Crippen molar-refractivity contribution in [3.8, 4) is 0 Å². The van der Waals surface area contributed by atoms with E-state index in [0.717, 1.165) is 11.1 Å². The highest BCUT2D eigenvalue weighted by Crippen LogP contribution is 2.20. The molecule has 4 bridgehead atoms. The maximum absolute atomic E-state index is 12.8. The first-order chi connectivity index (χ1) is 16.4. The predicted octanol–water partition coefficient (Wildman–Crippen LogP) is 0.625. The van der Waals surface area contributed by atoms with E-state index in [2.05, 4.69) is 30.7 Å². The summed E-state index contributed by atoms with van der Waals surface area (Å²) in [6, 6.07) is 13.5. The van der Waals surface area contributed by atoms with Crippen LogP contribution in [0, 0.1) is 0 Å². The van der Waals surface area contributed by atoms with Crippen LogP contribution in [0.3, 0.4) is 0 Å². The number of anilines is 2. The Bertz CT molecular complexity index is 931. The van der Waals surface area contributed by atoms with Gasteiger partial charge in [0.2, 0.25) is 11.8 Å². The van der Waals surface area contributed by atoms with Crippen LogP contribution in [0.4, 0.5) is 11.4 Å². The third kappa shape index (κ3) is 6.96. The normalized spacial score (nSPS) is 16.9. The van der Waals surface area contributed by atoms with E-state index >= 15 is 0 Å². The molecule has 0 unspecified atom stereocenters. The summed E-state index contributed by atoms with van der Waals surface area (Å²) in [5, 5.41) is 11.7. The van der Waals surface area contributed by atoms with Crippen LogP contribution in [-0.4, -0.2) is 63.1 Å². The van der Waals surface area contributed by atoms with Crippen LogP contribution in [0.2, 0.25) is 0 Å². The van der Waals surface area contributed by atoms with Crippen LogP contribution in [0.1, 0.15) is 11.1 Å². The Morgan fingerprint density at radius 2 is 1.18 bits per heavy atom. The average molecular weight is 469 g/mol. The van der Waals surface area contributed by atoms with E-state index in [1.54, 1.807) is 0 Å². The zero-order valence-corrected chi connectivity index (χ0v) is 19.1. The molecule has 34 heavy (non-hydrogen) atoms. The molecule has 1 aliphatic rings. The Morgan fingerprint density at radius 3 is 1.56 bits per heavy atom. The lowest BCUT2D eigenvalue weighted by Gasteiger charge is -2.24. The molecule has 0 saturated heterocycles. The standard InChI is InChI=1S/C24H28N4O6/c1-33-21(29)13-25-23(31)19-11-15-5-3-8-18(9-15)28-20(24(32)26-14-22(30)34-2)12-16-6-4-7-17(10-16)27-19/h3-10,19-20,27-28H,11-14H2,1-2H3,(H,25,31)(H,26,32)/t19-,20-/m0/s1. The van der Waals surface area contributed by atoms with Gasteiger partial charge in [0.05, 0.1) is 14.2 Å². The Labute approximate surface area is 197 Å². The molecule has 2 atom stereocenters. The van der Waals surface area contributed by atoms with E-state index in [1.165, 1.54) is 14.2 Å². The Kier molecular flexibility index (Phi) is 8.44. The highest BCUT2D eigenvalue weighted by Gasteiger charge is 2.23. The lowest BCUT2D eigenvalue weighted by molar-refractivity contribution is -0.141. The van der Waals surface area contributed by atoms with Gasteiger partial charge in [-0.25, -0.2) is 0 Å². The second-order valence-electron chi connectivity index (χ2n) is 7.79. The first-order valence-corrected chi connectivity index (χ1v) is 10.8. The van der Waals surface area contributed by atoms with Crippen molar-refractivity contribution in [1.29, 1.82) is 0 Å². The zero-order chi connectivity index (χ0) is 24.5. The summed E-state index contributed by atoms with van der Waals surface area (Å²) in [4.78, 5) is 48.6. The smallest absolute Gasteiger partial charge is 0.325 e. The molecule has 2 aromatic rings. The molecule has 0 aromatic heterocycles. The Hall–Kier alpha value is -4.08. The van der Waals surface area contributed by atoms with E-state index in [1.807, 2.05) is 48.5 Å². The summed E-state index contributed by atoms with van der Waals surface area (Å²) in [6.45, 7) is -0.449. The van der Waals surface area contributed by atoms with E-state index in [0.29, 0.717) is 24.2 Å². The lowest BCUT2D eigenvalue weighted by Crippen LogP contribution is -2.44. The summed E-state index contributed by atoms with van der Waals surface area (Å²) >= 11 is 0. The van der Waals surface area contributed by atoms with Gasteiger partial charge >= 0.3 is 11.9 Å². The van der Waals surface area contributed by atoms with Gasteiger partial charge in [-0.2, -0.15) is 0 Å². The molecule has 2 amide bonds. The van der Waals surface area contributed by atoms with Crippen LogP contribution in [-0.2, 0) is 41.5 Å². The Balaban J connectivity index is 1.86. The molecule has 10 nitrogen and oxygen atoms in total. The molecule has 1 heterocycles. The van der Waals surface area contributed by atoms with Crippen molar-refractivity contribution in [3.05, 3.63) is 59.7 Å². The number of methoxy groups -OCH3 is 2. The van der Waals surface area contributed by atoms with Crippen molar-refractivity contribution in [1.82, 2.24) is 10.6 Å². The fraction of sp³-hybridized carbons (Fsp3) is 0.333. The van der Waals surface area contributed by atoms with Gasteiger partial charge < -0.3 is 30.7 Å². The molecule has 0 saturated carbocycles. The van der Waals surface area contributed by atoms with Crippen LogP contribution >= 0.6 is 0 Å². The van der Waals surface area contributed by atoms with Crippen molar-refractivity contribution >= 4 is 35.1 Å². The van der Waals surface area contributed by atoms with Gasteiger partial charge in [-0.05, 0) is 35.4 Å². The molecule has 0 aliphatic carbocycles. The number of nitrogens with one attached hydrogen (secondary N) is 4. The monoisotopic (exact) mass is 468 g/mol. The van der Waals surface area contributed by atoms with E-state index < -0.39 is 24.0 Å². The number of esters is 2. The number of hydrogen-bond donors (Lipinski definition) is 4. The number of rotatable bonds is 6. The SMILES string of the molecule is COC(=O)CNC(=O)[C@@H]1Cc2cccc(c2)N[C@H](C(=O)NCC(=O)OC)Cc2cccc(c2)N1. The highest BCUT2D eigenvalue weighted by atomic mass is 16.5. The van der Waals surface area contributed by atoms with Crippen molar-refractivity contribution in [2.75, 3.05) is 37.9 Å². The molecular weight excluding hydrogens is 440 g/mol. The van der Waals surface area contributed by atoms with Crippen LogP contribution < -0.4 is 21.3 Å². The fourth-order valence-corrected chi connectivity index (χ4v) is 3.58. The molecule has 4 N–H and O–H groups in total. The third-order valence-electron chi connectivity index (χ3n) is 5.32. The molecule has 180 valence electrons. The maximum atomic E-state index is 12.8. The second kappa shape index (κ2) is 11.7. The quantitative estimate of drug-likeness (QED) is 0.454. The van der Waals surface area contributed by atoms with E-state index in [4.69, 9.17) is 0 Å². The van der Waals surface area contributed by atoms with E-state index in [9.17, 15) is 19.2 Å². The number of ether oxygens (including phenoxy) is 2. The first-order valence-electron chi connectivity index (χ1n) is 10.8. The number of amides is 2. The first kappa shape index (κ1) is 24.6. The minimum Gasteiger partial charge on any atom is -0.468 e. The number of fused-ring (bicyclic) bond motifs is 4. The highest BCUT2D eigenvalue weighted by molar-refractivity contribution is 5.89. The molecule has 0 radical (unpaired) electrons. The van der Waals surface area contributed by atoms with Gasteiger partial charge in [-0.3, -0.25) is 19.2 Å². The van der Waals surface area contributed by atoms with E-state index in [-0.39, 0.29) is 24.9 Å². The fourth-order valence-electron chi connectivity index (χ4n) is 3.58. The Morgan fingerprint density at radius 1 is 0.765 bits per heavy atom. The number of carbonyl (C=O) groups is 4. The minimum atomic E-state index is -0.645. The molecule has 0 spiro atoms. The number of benzene rings is 2. The third-order valence-corrected chi connectivity index (χ3v) is 5.32. The van der Waals surface area contributed by atoms with Crippen LogP contribution in [0.15, 0.2) is 48.5 Å². The van der Waals surface area contributed by atoms with Crippen LogP contribution in [0.5, 0.6) is 0 Å². The number of hydrogen-bond acceptors (Lipinski definition) is 8. The number of carbonyl (C=O) groups excluding carboxylic acids is 4. The molecule has 0 fully saturated rings. The molecule has 2 aromatic carbocycles. The average Bonchev–Trinajstić information content (AvgIpc) is 2.84. The van der Waals surface area contributed by atoms with Crippen molar-refractivity contribution in [3.63, 3.8) is 0 Å². The van der Waals surface area contributed by atoms with Gasteiger partial charge in [0.25, 0.3) is 0 Å². The van der Waals surface area contributed by atoms with Gasteiger partial charge in [0.1, 0.15) is 25.2 Å².